The van der Waals surface area contributed by atoms with Gasteiger partial charge in [0.05, 0.1) is 12.2 Å². The summed E-state index contributed by atoms with van der Waals surface area (Å²) in [5.41, 5.74) is 2.52. The molecule has 3 heterocycles. The molecule has 4 aliphatic rings. The number of nitrogens with one attached hydrogen (secondary N) is 4. The van der Waals surface area contributed by atoms with Gasteiger partial charge in [0.2, 0.25) is 29.5 Å². The van der Waals surface area contributed by atoms with E-state index in [-0.39, 0.29) is 37.6 Å². The number of aliphatic hydroxyl groups excluding tert-OH is 2. The molecule has 7 amide bonds. The van der Waals surface area contributed by atoms with Crippen LogP contribution >= 0.6 is 0 Å². The molecule has 318 valence electrons. The topological polar surface area (TPSA) is 218 Å². The summed E-state index contributed by atoms with van der Waals surface area (Å²) in [5.74, 6) is -3.01. The number of ketones is 1. The van der Waals surface area contributed by atoms with Gasteiger partial charge in [0.25, 0.3) is 0 Å². The van der Waals surface area contributed by atoms with E-state index in [1.807, 2.05) is 44.2 Å². The number of β-amino-alcohol motifs (C(OH)–C–C–N with tert-alkyl or cyclic N) is 1. The third kappa shape index (κ3) is 9.76. The highest BCUT2D eigenvalue weighted by molar-refractivity contribution is 6.09. The lowest BCUT2D eigenvalue weighted by molar-refractivity contribution is -0.152. The van der Waals surface area contributed by atoms with Crippen molar-refractivity contribution in [3.8, 4) is 0 Å². The number of aryl methyl sites for hydroxylation is 2. The Morgan fingerprint density at radius 1 is 0.881 bits per heavy atom. The van der Waals surface area contributed by atoms with Gasteiger partial charge in [0.1, 0.15) is 35.7 Å². The van der Waals surface area contributed by atoms with Crippen molar-refractivity contribution in [2.45, 2.75) is 133 Å². The quantitative estimate of drug-likeness (QED) is 0.172. The minimum atomic E-state index is -1.56. The van der Waals surface area contributed by atoms with Crippen molar-refractivity contribution in [3.05, 3.63) is 65.2 Å². The maximum absolute atomic E-state index is 14.3. The molecular weight excluding hydrogens is 759 g/mol. The lowest BCUT2D eigenvalue weighted by Gasteiger charge is -2.39. The average Bonchev–Trinajstić information content (AvgIpc) is 3.47. The van der Waals surface area contributed by atoms with Gasteiger partial charge < -0.3 is 46.2 Å². The molecule has 59 heavy (non-hydrogen) atoms. The third-order valence-electron chi connectivity index (χ3n) is 12.1. The lowest BCUT2D eigenvalue weighted by Crippen LogP contribution is -2.62. The second-order valence-corrected chi connectivity index (χ2v) is 16.5. The highest BCUT2D eigenvalue weighted by Crippen LogP contribution is 2.46. The van der Waals surface area contributed by atoms with Gasteiger partial charge >= 0.3 is 6.03 Å². The molecule has 1 saturated carbocycles. The Morgan fingerprint density at radius 3 is 2.27 bits per heavy atom. The van der Waals surface area contributed by atoms with E-state index < -0.39 is 77.6 Å². The number of carbonyl (C=O) groups is 7. The SMILES string of the molecule is CCc1ccc(NC(=O)N[C@@H](Cc2cccc(C)c2)C(=O)N[C@H](C(=O)N2C[C@H](O)C[C@H]2C(=O)N2CCCC[C@H]2C(=O)N[C@@H](C)C(=O)N2CCC[C@@]23CC3=O)[C@H](C)O)cc1. The molecule has 0 unspecified atom stereocenters. The largest absolute Gasteiger partial charge is 0.391 e. The molecule has 0 radical (unpaired) electrons. The fourth-order valence-electron chi connectivity index (χ4n) is 8.71. The highest BCUT2D eigenvalue weighted by atomic mass is 16.3. The molecule has 6 N–H and O–H groups in total. The first-order valence-corrected chi connectivity index (χ1v) is 20.8. The molecule has 0 bridgehead atoms. The minimum absolute atomic E-state index is 0.0246. The number of amides is 7. The summed E-state index contributed by atoms with van der Waals surface area (Å²) in [6.45, 7) is 7.17. The monoisotopic (exact) mass is 815 g/mol. The maximum Gasteiger partial charge on any atom is 0.319 e. The molecular formula is C43H57N7O9. The van der Waals surface area contributed by atoms with Gasteiger partial charge in [-0.1, -0.05) is 48.9 Å². The molecule has 1 aliphatic carbocycles. The Bertz CT molecular complexity index is 1940. The van der Waals surface area contributed by atoms with Crippen LogP contribution in [0.25, 0.3) is 0 Å². The summed E-state index contributed by atoms with van der Waals surface area (Å²) < 4.78 is 0. The number of carbonyl (C=O) groups excluding carboxylic acids is 7. The zero-order valence-corrected chi connectivity index (χ0v) is 34.2. The van der Waals surface area contributed by atoms with Crippen molar-refractivity contribution in [2.75, 3.05) is 25.0 Å². The Morgan fingerprint density at radius 2 is 1.61 bits per heavy atom. The number of nitrogens with zero attached hydrogens (tertiary/aromatic N) is 3. The zero-order valence-electron chi connectivity index (χ0n) is 34.2. The highest BCUT2D eigenvalue weighted by Gasteiger charge is 2.62. The van der Waals surface area contributed by atoms with E-state index in [1.165, 1.54) is 11.8 Å². The normalized spacial score (nSPS) is 24.5. The second kappa shape index (κ2) is 18.3. The first kappa shape index (κ1) is 43.2. The van der Waals surface area contributed by atoms with E-state index in [4.69, 9.17) is 0 Å². The summed E-state index contributed by atoms with van der Waals surface area (Å²) in [4.78, 5) is 99.2. The van der Waals surface area contributed by atoms with Crippen LogP contribution in [-0.2, 0) is 41.6 Å². The number of benzene rings is 2. The number of Topliss-reactive ketones (excluding diaryl/α,β-unsaturated/α-hetero) is 1. The summed E-state index contributed by atoms with van der Waals surface area (Å²) in [6, 6.07) is 8.15. The maximum atomic E-state index is 14.3. The molecule has 2 aromatic carbocycles. The molecule has 1 spiro atoms. The summed E-state index contributed by atoms with van der Waals surface area (Å²) in [7, 11) is 0. The predicted molar refractivity (Wildman–Crippen MR) is 217 cm³/mol. The summed E-state index contributed by atoms with van der Waals surface area (Å²) in [5, 5.41) is 32.5. The summed E-state index contributed by atoms with van der Waals surface area (Å²) >= 11 is 0. The van der Waals surface area contributed by atoms with Crippen LogP contribution in [0.1, 0.15) is 82.4 Å². The van der Waals surface area contributed by atoms with Crippen LogP contribution in [0.2, 0.25) is 0 Å². The van der Waals surface area contributed by atoms with Crippen LogP contribution in [0.3, 0.4) is 0 Å². The number of rotatable bonds is 13. The van der Waals surface area contributed by atoms with Gasteiger partial charge in [-0.2, -0.15) is 0 Å². The van der Waals surface area contributed by atoms with E-state index in [1.54, 1.807) is 30.0 Å². The second-order valence-electron chi connectivity index (χ2n) is 16.5. The molecule has 8 atom stereocenters. The molecule has 16 heteroatoms. The smallest absolute Gasteiger partial charge is 0.319 e. The van der Waals surface area contributed by atoms with E-state index in [0.717, 1.165) is 28.0 Å². The first-order chi connectivity index (χ1) is 28.1. The number of likely N-dealkylation sites (tertiary alicyclic amines) is 3. The Labute approximate surface area is 344 Å². The number of piperidine rings is 1. The molecule has 6 rings (SSSR count). The fourth-order valence-corrected chi connectivity index (χ4v) is 8.71. The van der Waals surface area contributed by atoms with Gasteiger partial charge in [0, 0.05) is 44.6 Å². The molecule has 3 saturated heterocycles. The predicted octanol–water partition coefficient (Wildman–Crippen LogP) is 1.34. The van der Waals surface area contributed by atoms with Crippen LogP contribution in [0.15, 0.2) is 48.5 Å². The number of hydrogen-bond acceptors (Lipinski definition) is 9. The van der Waals surface area contributed by atoms with Gasteiger partial charge in [0.15, 0.2) is 5.78 Å². The van der Waals surface area contributed by atoms with Crippen LogP contribution in [0, 0.1) is 6.92 Å². The Kier molecular flexibility index (Phi) is 13.4. The van der Waals surface area contributed by atoms with Crippen molar-refractivity contribution in [1.82, 2.24) is 30.7 Å². The number of aliphatic hydroxyl groups is 2. The van der Waals surface area contributed by atoms with Crippen molar-refractivity contribution in [2.24, 2.45) is 0 Å². The number of urea groups is 1. The Hall–Kier alpha value is -5.35. The number of anilines is 1. The van der Waals surface area contributed by atoms with E-state index >= 15 is 0 Å². The standard InChI is InChI=1S/C43H57N7O9/c1-5-28-13-15-30(16-14-28)45-42(59)46-32(21-29-11-8-10-25(2)20-29)37(54)47-36(27(4)51)41(58)49-24-31(52)22-34(49)40(57)48-18-7-6-12-33(48)38(55)44-26(3)39(56)50-19-9-17-43(50)23-35(43)53/h8,10-11,13-16,20,26-27,31-34,36,51-52H,5-7,9,12,17-19,21-24H2,1-4H3,(H,44,55)(H,47,54)(H2,45,46,59)/t26-,27-,31+,32-,33-,34-,36-,43-/m0/s1. The molecule has 3 aliphatic heterocycles. The van der Waals surface area contributed by atoms with E-state index in [9.17, 15) is 43.8 Å². The molecule has 4 fully saturated rings. The van der Waals surface area contributed by atoms with Gasteiger partial charge in [-0.25, -0.2) is 4.79 Å². The molecule has 0 aromatic heterocycles. The lowest BCUT2D eigenvalue weighted by atomic mass is 9.98. The molecule has 2 aromatic rings. The van der Waals surface area contributed by atoms with Crippen LogP contribution < -0.4 is 21.3 Å². The van der Waals surface area contributed by atoms with Gasteiger partial charge in [-0.3, -0.25) is 28.8 Å². The average molecular weight is 816 g/mol. The van der Waals surface area contributed by atoms with Crippen LogP contribution in [0.4, 0.5) is 10.5 Å². The minimum Gasteiger partial charge on any atom is -0.391 e. The van der Waals surface area contributed by atoms with Gasteiger partial charge in [-0.15, -0.1) is 0 Å². The van der Waals surface area contributed by atoms with Gasteiger partial charge in [-0.05, 0) is 82.6 Å². The van der Waals surface area contributed by atoms with Crippen LogP contribution in [0.5, 0.6) is 0 Å². The van der Waals surface area contributed by atoms with Crippen molar-refractivity contribution in [1.29, 1.82) is 0 Å². The zero-order chi connectivity index (χ0) is 42.6. The third-order valence-corrected chi connectivity index (χ3v) is 12.1. The molecule has 16 nitrogen and oxygen atoms in total. The van der Waals surface area contributed by atoms with E-state index in [2.05, 4.69) is 21.3 Å². The van der Waals surface area contributed by atoms with Crippen molar-refractivity contribution in [3.63, 3.8) is 0 Å². The first-order valence-electron chi connectivity index (χ1n) is 20.8. The van der Waals surface area contributed by atoms with E-state index in [0.29, 0.717) is 50.8 Å². The van der Waals surface area contributed by atoms with Crippen molar-refractivity contribution < 1.29 is 43.8 Å². The van der Waals surface area contributed by atoms with Crippen molar-refractivity contribution >= 4 is 47.0 Å². The number of hydrogen-bond donors (Lipinski definition) is 6. The van der Waals surface area contributed by atoms with Crippen LogP contribution in [-0.4, -0.2) is 134 Å². The Balaban J connectivity index is 1.14. The summed E-state index contributed by atoms with van der Waals surface area (Å²) in [6.07, 6.45) is 1.39. The fraction of sp³-hybridized carbons (Fsp3) is 0.558.